The molecule has 7 nitrogen and oxygen atoms in total. The molecule has 0 saturated heterocycles. The summed E-state index contributed by atoms with van der Waals surface area (Å²) in [4.78, 5) is 35.4. The van der Waals surface area contributed by atoms with Gasteiger partial charge in [0.15, 0.2) is 13.2 Å². The Morgan fingerprint density at radius 3 is 2.33 bits per heavy atom. The predicted octanol–water partition coefficient (Wildman–Crippen LogP) is 1.62. The topological polar surface area (TPSA) is 108 Å². The molecule has 0 aliphatic heterocycles. The van der Waals surface area contributed by atoms with Gasteiger partial charge >= 0.3 is 5.97 Å². The normalized spacial score (nSPS) is 10.1. The SMILES string of the molecule is NC(=O)COc1ccc(C(=O)OCC(=O)NCCSc2ccccc2)cc1. The Morgan fingerprint density at radius 2 is 1.67 bits per heavy atom. The van der Waals surface area contributed by atoms with Crippen LogP contribution in [0.25, 0.3) is 0 Å². The molecule has 0 atom stereocenters. The van der Waals surface area contributed by atoms with E-state index in [-0.39, 0.29) is 24.7 Å². The predicted molar refractivity (Wildman–Crippen MR) is 102 cm³/mol. The maximum absolute atomic E-state index is 11.9. The van der Waals surface area contributed by atoms with E-state index < -0.39 is 11.9 Å². The van der Waals surface area contributed by atoms with Gasteiger partial charge in [-0.25, -0.2) is 4.79 Å². The van der Waals surface area contributed by atoms with Crippen LogP contribution in [-0.2, 0) is 14.3 Å². The number of esters is 1. The van der Waals surface area contributed by atoms with Crippen molar-refractivity contribution in [3.63, 3.8) is 0 Å². The first-order valence-electron chi connectivity index (χ1n) is 8.17. The van der Waals surface area contributed by atoms with Crippen molar-refractivity contribution in [1.82, 2.24) is 5.32 Å². The third-order valence-electron chi connectivity index (χ3n) is 3.24. The highest BCUT2D eigenvalue weighted by atomic mass is 32.2. The molecule has 0 aliphatic rings. The zero-order valence-electron chi connectivity index (χ0n) is 14.6. The fourth-order valence-electron chi connectivity index (χ4n) is 1.98. The van der Waals surface area contributed by atoms with Gasteiger partial charge in [0.25, 0.3) is 11.8 Å². The fraction of sp³-hybridized carbons (Fsp3) is 0.211. The fourth-order valence-corrected chi connectivity index (χ4v) is 2.77. The molecular formula is C19H20N2O5S. The minimum Gasteiger partial charge on any atom is -0.484 e. The summed E-state index contributed by atoms with van der Waals surface area (Å²) in [6, 6.07) is 15.8. The van der Waals surface area contributed by atoms with Crippen molar-refractivity contribution < 1.29 is 23.9 Å². The van der Waals surface area contributed by atoms with E-state index in [2.05, 4.69) is 5.32 Å². The zero-order valence-corrected chi connectivity index (χ0v) is 15.4. The molecule has 0 fully saturated rings. The Hall–Kier alpha value is -3.00. The van der Waals surface area contributed by atoms with Gasteiger partial charge in [-0.2, -0.15) is 0 Å². The Labute approximate surface area is 161 Å². The lowest BCUT2D eigenvalue weighted by molar-refractivity contribution is -0.124. The van der Waals surface area contributed by atoms with E-state index in [4.69, 9.17) is 15.2 Å². The molecule has 0 unspecified atom stereocenters. The van der Waals surface area contributed by atoms with Gasteiger partial charge in [0.05, 0.1) is 5.56 Å². The number of ether oxygens (including phenoxy) is 2. The molecule has 2 rings (SSSR count). The summed E-state index contributed by atoms with van der Waals surface area (Å²) in [5.74, 6) is -0.453. The van der Waals surface area contributed by atoms with E-state index in [0.717, 1.165) is 10.6 Å². The van der Waals surface area contributed by atoms with E-state index >= 15 is 0 Å². The molecule has 2 amide bonds. The molecule has 3 N–H and O–H groups in total. The first-order valence-corrected chi connectivity index (χ1v) is 9.16. The third kappa shape index (κ3) is 7.83. The molecule has 0 radical (unpaired) electrons. The van der Waals surface area contributed by atoms with Crippen molar-refractivity contribution in [2.75, 3.05) is 25.5 Å². The number of hydrogen-bond acceptors (Lipinski definition) is 6. The van der Waals surface area contributed by atoms with E-state index in [0.29, 0.717) is 12.3 Å². The Balaban J connectivity index is 1.65. The number of nitrogens with one attached hydrogen (secondary N) is 1. The molecule has 2 aromatic rings. The van der Waals surface area contributed by atoms with Crippen LogP contribution < -0.4 is 15.8 Å². The van der Waals surface area contributed by atoms with Gasteiger partial charge in [0, 0.05) is 17.2 Å². The second-order valence-electron chi connectivity index (χ2n) is 5.37. The van der Waals surface area contributed by atoms with Gasteiger partial charge < -0.3 is 20.5 Å². The summed E-state index contributed by atoms with van der Waals surface area (Å²) in [6.07, 6.45) is 0. The Bertz CT molecular complexity index is 765. The van der Waals surface area contributed by atoms with Gasteiger partial charge in [0.1, 0.15) is 5.75 Å². The number of hydrogen-bond donors (Lipinski definition) is 2. The minimum atomic E-state index is -0.620. The number of benzene rings is 2. The number of primary amides is 1. The molecule has 0 spiro atoms. The van der Waals surface area contributed by atoms with Crippen LogP contribution in [0.4, 0.5) is 0 Å². The summed E-state index contributed by atoms with van der Waals surface area (Å²) >= 11 is 1.63. The quantitative estimate of drug-likeness (QED) is 0.364. The van der Waals surface area contributed by atoms with E-state index in [1.54, 1.807) is 11.8 Å². The third-order valence-corrected chi connectivity index (χ3v) is 4.26. The van der Waals surface area contributed by atoms with Crippen molar-refractivity contribution in [2.45, 2.75) is 4.90 Å². The number of rotatable bonds is 10. The van der Waals surface area contributed by atoms with Gasteiger partial charge in [0.2, 0.25) is 0 Å². The van der Waals surface area contributed by atoms with Gasteiger partial charge in [-0.1, -0.05) is 18.2 Å². The van der Waals surface area contributed by atoms with Crippen LogP contribution in [0.1, 0.15) is 10.4 Å². The van der Waals surface area contributed by atoms with E-state index in [1.165, 1.54) is 24.3 Å². The highest BCUT2D eigenvalue weighted by Gasteiger charge is 2.10. The number of amides is 2. The second-order valence-corrected chi connectivity index (χ2v) is 6.54. The lowest BCUT2D eigenvalue weighted by Crippen LogP contribution is -2.30. The average molecular weight is 388 g/mol. The van der Waals surface area contributed by atoms with Crippen molar-refractivity contribution >= 4 is 29.5 Å². The van der Waals surface area contributed by atoms with Gasteiger partial charge in [-0.05, 0) is 36.4 Å². The van der Waals surface area contributed by atoms with Crippen LogP contribution in [0.3, 0.4) is 0 Å². The van der Waals surface area contributed by atoms with Crippen molar-refractivity contribution in [2.24, 2.45) is 5.73 Å². The number of carbonyl (C=O) groups is 3. The summed E-state index contributed by atoms with van der Waals surface area (Å²) in [5, 5.41) is 2.70. The second kappa shape index (κ2) is 10.9. The van der Waals surface area contributed by atoms with Crippen LogP contribution >= 0.6 is 11.8 Å². The lowest BCUT2D eigenvalue weighted by Gasteiger charge is -2.07. The molecule has 142 valence electrons. The summed E-state index contributed by atoms with van der Waals surface area (Å²) in [6.45, 7) is -0.122. The van der Waals surface area contributed by atoms with Crippen molar-refractivity contribution in [3.8, 4) is 5.75 Å². The maximum atomic E-state index is 11.9. The van der Waals surface area contributed by atoms with E-state index in [9.17, 15) is 14.4 Å². The standard InChI is InChI=1S/C19H20N2O5S/c20-17(22)12-25-15-8-6-14(7-9-15)19(24)26-13-18(23)21-10-11-27-16-4-2-1-3-5-16/h1-9H,10-13H2,(H2,20,22)(H,21,23). The molecule has 2 aromatic carbocycles. The molecule has 0 bridgehead atoms. The van der Waals surface area contributed by atoms with Crippen LogP contribution in [0, 0.1) is 0 Å². The molecular weight excluding hydrogens is 368 g/mol. The smallest absolute Gasteiger partial charge is 0.338 e. The first-order chi connectivity index (χ1) is 13.0. The highest BCUT2D eigenvalue weighted by molar-refractivity contribution is 7.99. The molecule has 27 heavy (non-hydrogen) atoms. The molecule has 8 heteroatoms. The average Bonchev–Trinajstić information content (AvgIpc) is 2.69. The maximum Gasteiger partial charge on any atom is 0.338 e. The van der Waals surface area contributed by atoms with Crippen LogP contribution in [0.2, 0.25) is 0 Å². The minimum absolute atomic E-state index is 0.244. The van der Waals surface area contributed by atoms with Gasteiger partial charge in [-0.3, -0.25) is 9.59 Å². The Kier molecular flexibility index (Phi) is 8.18. The molecule has 0 aliphatic carbocycles. The molecule has 0 saturated carbocycles. The highest BCUT2D eigenvalue weighted by Crippen LogP contribution is 2.15. The van der Waals surface area contributed by atoms with Crippen LogP contribution in [0.15, 0.2) is 59.5 Å². The molecule has 0 aromatic heterocycles. The Morgan fingerprint density at radius 1 is 0.963 bits per heavy atom. The van der Waals surface area contributed by atoms with E-state index in [1.807, 2.05) is 30.3 Å². The van der Waals surface area contributed by atoms with Crippen molar-refractivity contribution in [1.29, 1.82) is 0 Å². The van der Waals surface area contributed by atoms with Crippen LogP contribution in [0.5, 0.6) is 5.75 Å². The summed E-state index contributed by atoms with van der Waals surface area (Å²) in [7, 11) is 0. The number of nitrogens with two attached hydrogens (primary N) is 1. The molecule has 0 heterocycles. The monoisotopic (exact) mass is 388 g/mol. The first kappa shape index (κ1) is 20.3. The number of carbonyl (C=O) groups excluding carboxylic acids is 3. The van der Waals surface area contributed by atoms with Gasteiger partial charge in [-0.15, -0.1) is 11.8 Å². The van der Waals surface area contributed by atoms with Crippen LogP contribution in [-0.4, -0.2) is 43.3 Å². The van der Waals surface area contributed by atoms with Crippen molar-refractivity contribution in [3.05, 3.63) is 60.2 Å². The zero-order chi connectivity index (χ0) is 19.5. The summed E-state index contributed by atoms with van der Waals surface area (Å²) < 4.78 is 10.1. The lowest BCUT2D eigenvalue weighted by atomic mass is 10.2. The summed E-state index contributed by atoms with van der Waals surface area (Å²) in [5.41, 5.74) is 5.25. The largest absolute Gasteiger partial charge is 0.484 e. The number of thioether (sulfide) groups is 1.